The van der Waals surface area contributed by atoms with Gasteiger partial charge in [-0.3, -0.25) is 9.78 Å². The lowest BCUT2D eigenvalue weighted by Crippen LogP contribution is -2.30. The summed E-state index contributed by atoms with van der Waals surface area (Å²) in [5, 5.41) is 2.10. The third kappa shape index (κ3) is 4.81. The van der Waals surface area contributed by atoms with Crippen molar-refractivity contribution in [2.24, 2.45) is 0 Å². The third-order valence-corrected chi connectivity index (χ3v) is 4.14. The van der Waals surface area contributed by atoms with Crippen LogP contribution in [0.25, 0.3) is 10.9 Å². The van der Waals surface area contributed by atoms with Crippen molar-refractivity contribution in [3.05, 3.63) is 71.4 Å². The Kier molecular flexibility index (Phi) is 5.86. The molecule has 3 rings (SSSR count). The van der Waals surface area contributed by atoms with Crippen LogP contribution < -0.4 is 10.1 Å². The number of alkyl halides is 6. The molecule has 0 atom stereocenters. The summed E-state index contributed by atoms with van der Waals surface area (Å²) < 4.78 is 83.4. The zero-order valence-corrected chi connectivity index (χ0v) is 15.1. The van der Waals surface area contributed by atoms with Crippen molar-refractivity contribution in [2.75, 3.05) is 13.2 Å². The lowest BCUT2D eigenvalue weighted by atomic mass is 10.0. The molecule has 30 heavy (non-hydrogen) atoms. The zero-order valence-electron chi connectivity index (χ0n) is 15.1. The molecule has 1 aromatic heterocycles. The SMILES string of the molecule is O=C(NCCOc1ccc(C(F)(F)F)cc1)c1cnc2ccccc2c1C(F)(F)F. The highest BCUT2D eigenvalue weighted by atomic mass is 19.4. The molecule has 2 aromatic carbocycles. The summed E-state index contributed by atoms with van der Waals surface area (Å²) in [7, 11) is 0. The van der Waals surface area contributed by atoms with Crippen molar-refractivity contribution in [3.63, 3.8) is 0 Å². The van der Waals surface area contributed by atoms with Crippen LogP contribution in [0.2, 0.25) is 0 Å². The Labute approximate surface area is 166 Å². The molecule has 1 amide bonds. The highest BCUT2D eigenvalue weighted by molar-refractivity contribution is 6.00. The number of para-hydroxylation sites is 1. The molecule has 1 N–H and O–H groups in total. The Bertz CT molecular complexity index is 1050. The summed E-state index contributed by atoms with van der Waals surface area (Å²) in [4.78, 5) is 16.2. The Morgan fingerprint density at radius 2 is 1.60 bits per heavy atom. The summed E-state index contributed by atoms with van der Waals surface area (Å²) >= 11 is 0. The zero-order chi connectivity index (χ0) is 21.9. The van der Waals surface area contributed by atoms with E-state index in [1.165, 1.54) is 24.3 Å². The molecular weight excluding hydrogens is 414 g/mol. The number of hydrogen-bond donors (Lipinski definition) is 1. The number of halogens is 6. The van der Waals surface area contributed by atoms with E-state index in [2.05, 4.69) is 10.3 Å². The van der Waals surface area contributed by atoms with Crippen LogP contribution in [0.15, 0.2) is 54.7 Å². The van der Waals surface area contributed by atoms with Gasteiger partial charge in [-0.15, -0.1) is 0 Å². The molecule has 158 valence electrons. The lowest BCUT2D eigenvalue weighted by molar-refractivity contribution is -0.138. The topological polar surface area (TPSA) is 51.2 Å². The summed E-state index contributed by atoms with van der Waals surface area (Å²) in [6.07, 6.45) is -8.39. The maximum absolute atomic E-state index is 13.6. The van der Waals surface area contributed by atoms with Gasteiger partial charge >= 0.3 is 12.4 Å². The molecule has 0 spiro atoms. The van der Waals surface area contributed by atoms with E-state index < -0.39 is 35.0 Å². The molecule has 0 aliphatic rings. The van der Waals surface area contributed by atoms with Crippen LogP contribution in [0.5, 0.6) is 5.75 Å². The summed E-state index contributed by atoms with van der Waals surface area (Å²) in [6.45, 7) is -0.316. The van der Waals surface area contributed by atoms with Crippen molar-refractivity contribution in [1.29, 1.82) is 0 Å². The first-order valence-corrected chi connectivity index (χ1v) is 8.60. The number of rotatable bonds is 5. The number of carbonyl (C=O) groups is 1. The molecule has 4 nitrogen and oxygen atoms in total. The lowest BCUT2D eigenvalue weighted by Gasteiger charge is -2.15. The Morgan fingerprint density at radius 3 is 2.23 bits per heavy atom. The van der Waals surface area contributed by atoms with Crippen molar-refractivity contribution in [3.8, 4) is 5.75 Å². The quantitative estimate of drug-likeness (QED) is 0.456. The normalized spacial score (nSPS) is 12.1. The fourth-order valence-electron chi connectivity index (χ4n) is 2.79. The van der Waals surface area contributed by atoms with E-state index in [1.807, 2.05) is 0 Å². The minimum Gasteiger partial charge on any atom is -0.492 e. The standard InChI is InChI=1S/C20H14F6N2O2/c21-19(22,23)12-5-7-13(8-6-12)30-10-9-27-18(29)15-11-28-16-4-2-1-3-14(16)17(15)20(24,25)26/h1-8,11H,9-10H2,(H,27,29). The van der Waals surface area contributed by atoms with Gasteiger partial charge in [-0.25, -0.2) is 0 Å². The maximum Gasteiger partial charge on any atom is 0.417 e. The number of aromatic nitrogens is 1. The first-order valence-electron chi connectivity index (χ1n) is 8.60. The van der Waals surface area contributed by atoms with Crippen molar-refractivity contribution >= 4 is 16.8 Å². The van der Waals surface area contributed by atoms with Gasteiger partial charge < -0.3 is 10.1 Å². The van der Waals surface area contributed by atoms with Crippen molar-refractivity contribution in [2.45, 2.75) is 12.4 Å². The summed E-state index contributed by atoms with van der Waals surface area (Å²) in [5.41, 5.74) is -2.45. The molecule has 1 heterocycles. The number of fused-ring (bicyclic) bond motifs is 1. The van der Waals surface area contributed by atoms with Gasteiger partial charge in [0.15, 0.2) is 0 Å². The van der Waals surface area contributed by atoms with E-state index in [4.69, 9.17) is 4.74 Å². The number of nitrogens with zero attached hydrogens (tertiary/aromatic N) is 1. The van der Waals surface area contributed by atoms with Crippen molar-refractivity contribution in [1.82, 2.24) is 10.3 Å². The van der Waals surface area contributed by atoms with Crippen LogP contribution in [0.3, 0.4) is 0 Å². The van der Waals surface area contributed by atoms with Gasteiger partial charge in [-0.1, -0.05) is 18.2 Å². The summed E-state index contributed by atoms with van der Waals surface area (Å²) in [5.74, 6) is -0.864. The van der Waals surface area contributed by atoms with Gasteiger partial charge in [0.05, 0.1) is 28.8 Å². The first-order chi connectivity index (χ1) is 14.1. The Morgan fingerprint density at radius 1 is 0.933 bits per heavy atom. The van der Waals surface area contributed by atoms with Crippen LogP contribution >= 0.6 is 0 Å². The van der Waals surface area contributed by atoms with Crippen LogP contribution in [0.4, 0.5) is 26.3 Å². The summed E-state index contributed by atoms with van der Waals surface area (Å²) in [6, 6.07) is 9.49. The number of nitrogens with one attached hydrogen (secondary N) is 1. The largest absolute Gasteiger partial charge is 0.492 e. The van der Waals surface area contributed by atoms with E-state index in [0.29, 0.717) is 0 Å². The van der Waals surface area contributed by atoms with Crippen LogP contribution in [0, 0.1) is 0 Å². The molecule has 0 saturated heterocycles. The van der Waals surface area contributed by atoms with Gasteiger partial charge in [0, 0.05) is 11.6 Å². The highest BCUT2D eigenvalue weighted by Gasteiger charge is 2.37. The second kappa shape index (κ2) is 8.21. The van der Waals surface area contributed by atoms with Crippen LogP contribution in [0.1, 0.15) is 21.5 Å². The molecule has 0 radical (unpaired) electrons. The Hall–Kier alpha value is -3.30. The molecule has 0 fully saturated rings. The minimum absolute atomic E-state index is 0.104. The van der Waals surface area contributed by atoms with Crippen molar-refractivity contribution < 1.29 is 35.9 Å². The van der Waals surface area contributed by atoms with Gasteiger partial charge in [0.2, 0.25) is 0 Å². The molecule has 10 heteroatoms. The van der Waals surface area contributed by atoms with Gasteiger partial charge in [-0.05, 0) is 30.3 Å². The van der Waals surface area contributed by atoms with E-state index in [1.54, 1.807) is 0 Å². The molecule has 0 saturated carbocycles. The molecule has 3 aromatic rings. The second-order valence-electron chi connectivity index (χ2n) is 6.19. The third-order valence-electron chi connectivity index (χ3n) is 4.14. The fraction of sp³-hybridized carbons (Fsp3) is 0.200. The number of pyridine rings is 1. The number of ether oxygens (including phenoxy) is 1. The van der Waals surface area contributed by atoms with Gasteiger partial charge in [-0.2, -0.15) is 26.3 Å². The van der Waals surface area contributed by atoms with Gasteiger partial charge in [0.25, 0.3) is 5.91 Å². The van der Waals surface area contributed by atoms with Crippen LogP contribution in [-0.2, 0) is 12.4 Å². The second-order valence-corrected chi connectivity index (χ2v) is 6.19. The predicted octanol–water partition coefficient (Wildman–Crippen LogP) is 5.08. The first kappa shape index (κ1) is 21.4. The van der Waals surface area contributed by atoms with Crippen LogP contribution in [-0.4, -0.2) is 24.0 Å². The number of carbonyl (C=O) groups excluding carboxylic acids is 1. The van der Waals surface area contributed by atoms with E-state index in [9.17, 15) is 31.1 Å². The molecule has 0 bridgehead atoms. The monoisotopic (exact) mass is 428 g/mol. The van der Waals surface area contributed by atoms with Gasteiger partial charge in [0.1, 0.15) is 12.4 Å². The average molecular weight is 428 g/mol. The van der Waals surface area contributed by atoms with E-state index >= 15 is 0 Å². The predicted molar refractivity (Wildman–Crippen MR) is 96.0 cm³/mol. The fourth-order valence-corrected chi connectivity index (χ4v) is 2.79. The molecular formula is C20H14F6N2O2. The highest BCUT2D eigenvalue weighted by Crippen LogP contribution is 2.36. The molecule has 0 unspecified atom stereocenters. The maximum atomic E-state index is 13.6. The molecule has 0 aliphatic heterocycles. The van der Waals surface area contributed by atoms with E-state index in [-0.39, 0.29) is 29.8 Å². The number of amides is 1. The average Bonchev–Trinajstić information content (AvgIpc) is 2.69. The molecule has 0 aliphatic carbocycles. The number of hydrogen-bond acceptors (Lipinski definition) is 3. The minimum atomic E-state index is -4.77. The van der Waals surface area contributed by atoms with E-state index in [0.717, 1.165) is 30.5 Å². The number of benzene rings is 2. The Balaban J connectivity index is 1.66. The smallest absolute Gasteiger partial charge is 0.417 e.